The highest BCUT2D eigenvalue weighted by atomic mass is 79.9. The molecule has 0 heterocycles. The Labute approximate surface area is 131 Å². The first-order valence-corrected chi connectivity index (χ1v) is 7.17. The first-order valence-electron chi connectivity index (χ1n) is 6.38. The smallest absolute Gasteiger partial charge is 0.140 e. The van der Waals surface area contributed by atoms with E-state index in [0.717, 1.165) is 21.3 Å². The van der Waals surface area contributed by atoms with Gasteiger partial charge in [-0.1, -0.05) is 22.0 Å². The minimum atomic E-state index is -0.513. The summed E-state index contributed by atoms with van der Waals surface area (Å²) in [5.74, 6) is 0.246. The number of hydrogen-bond donors (Lipinski definition) is 1. The molecule has 0 bridgehead atoms. The van der Waals surface area contributed by atoms with E-state index in [4.69, 9.17) is 10.00 Å². The molecule has 5 heteroatoms. The van der Waals surface area contributed by atoms with Gasteiger partial charge < -0.3 is 10.1 Å². The maximum Gasteiger partial charge on any atom is 0.140 e. The molecule has 108 valence electrons. The summed E-state index contributed by atoms with van der Waals surface area (Å²) < 4.78 is 20.0. The molecule has 0 saturated heterocycles. The standard InChI is InChI=1S/C16H14BrFN2O/c1-20-9-13-7-14(17)3-5-16(13)21-10-11-2-4-15(18)12(6-11)8-19/h2-7,20H,9-10H2,1H3. The molecule has 0 fully saturated rings. The van der Waals surface area contributed by atoms with Gasteiger partial charge >= 0.3 is 0 Å². The zero-order chi connectivity index (χ0) is 15.2. The summed E-state index contributed by atoms with van der Waals surface area (Å²) in [6, 6.07) is 12.0. The predicted molar refractivity (Wildman–Crippen MR) is 82.4 cm³/mol. The van der Waals surface area contributed by atoms with Crippen LogP contribution in [0.25, 0.3) is 0 Å². The number of nitriles is 1. The molecule has 0 aliphatic heterocycles. The fourth-order valence-corrected chi connectivity index (χ4v) is 2.33. The Kier molecular flexibility index (Phi) is 5.32. The highest BCUT2D eigenvalue weighted by Gasteiger charge is 2.06. The molecule has 0 atom stereocenters. The lowest BCUT2D eigenvalue weighted by Gasteiger charge is -2.12. The highest BCUT2D eigenvalue weighted by molar-refractivity contribution is 9.10. The van der Waals surface area contributed by atoms with Crippen LogP contribution in [-0.4, -0.2) is 7.05 Å². The fourth-order valence-electron chi connectivity index (χ4n) is 1.93. The van der Waals surface area contributed by atoms with E-state index >= 15 is 0 Å². The molecule has 0 amide bonds. The minimum Gasteiger partial charge on any atom is -0.489 e. The zero-order valence-electron chi connectivity index (χ0n) is 11.5. The van der Waals surface area contributed by atoms with Crippen LogP contribution in [0.1, 0.15) is 16.7 Å². The second-order valence-corrected chi connectivity index (χ2v) is 5.41. The SMILES string of the molecule is CNCc1cc(Br)ccc1OCc1ccc(F)c(C#N)c1. The number of rotatable bonds is 5. The highest BCUT2D eigenvalue weighted by Crippen LogP contribution is 2.24. The third-order valence-electron chi connectivity index (χ3n) is 2.94. The molecular weight excluding hydrogens is 335 g/mol. The van der Waals surface area contributed by atoms with Crippen molar-refractivity contribution < 1.29 is 9.13 Å². The number of benzene rings is 2. The zero-order valence-corrected chi connectivity index (χ0v) is 13.1. The minimum absolute atomic E-state index is 0.0300. The van der Waals surface area contributed by atoms with Crippen LogP contribution in [0.5, 0.6) is 5.75 Å². The van der Waals surface area contributed by atoms with Crippen molar-refractivity contribution in [3.8, 4) is 11.8 Å². The first-order chi connectivity index (χ1) is 10.1. The Bertz CT molecular complexity index is 682. The van der Waals surface area contributed by atoms with E-state index in [-0.39, 0.29) is 12.2 Å². The van der Waals surface area contributed by atoms with E-state index in [1.165, 1.54) is 12.1 Å². The normalized spacial score (nSPS) is 10.2. The van der Waals surface area contributed by atoms with Crippen molar-refractivity contribution in [3.63, 3.8) is 0 Å². The van der Waals surface area contributed by atoms with Crippen molar-refractivity contribution in [2.24, 2.45) is 0 Å². The predicted octanol–water partition coefficient (Wildman–Crippen LogP) is 3.76. The molecule has 2 aromatic carbocycles. The lowest BCUT2D eigenvalue weighted by molar-refractivity contribution is 0.302. The average molecular weight is 349 g/mol. The molecule has 21 heavy (non-hydrogen) atoms. The molecule has 0 radical (unpaired) electrons. The van der Waals surface area contributed by atoms with Crippen molar-refractivity contribution in [1.82, 2.24) is 5.32 Å². The monoisotopic (exact) mass is 348 g/mol. The summed E-state index contributed by atoms with van der Waals surface area (Å²) in [6.07, 6.45) is 0. The van der Waals surface area contributed by atoms with Gasteiger partial charge in [0.25, 0.3) is 0 Å². The van der Waals surface area contributed by atoms with Gasteiger partial charge in [0.15, 0.2) is 0 Å². The van der Waals surface area contributed by atoms with Crippen molar-refractivity contribution >= 4 is 15.9 Å². The maximum absolute atomic E-state index is 13.3. The molecule has 3 nitrogen and oxygen atoms in total. The Morgan fingerprint density at radius 2 is 2.10 bits per heavy atom. The Balaban J connectivity index is 2.15. The quantitative estimate of drug-likeness (QED) is 0.894. The Morgan fingerprint density at radius 1 is 1.29 bits per heavy atom. The third kappa shape index (κ3) is 4.03. The van der Waals surface area contributed by atoms with E-state index < -0.39 is 5.82 Å². The van der Waals surface area contributed by atoms with Gasteiger partial charge in [-0.15, -0.1) is 0 Å². The van der Waals surface area contributed by atoms with Crippen molar-refractivity contribution in [2.45, 2.75) is 13.2 Å². The maximum atomic E-state index is 13.3. The lowest BCUT2D eigenvalue weighted by Crippen LogP contribution is -2.07. The molecule has 2 rings (SSSR count). The largest absolute Gasteiger partial charge is 0.489 e. The first kappa shape index (κ1) is 15.5. The molecule has 0 unspecified atom stereocenters. The molecule has 2 aromatic rings. The summed E-state index contributed by atoms with van der Waals surface area (Å²) >= 11 is 3.43. The fraction of sp³-hybridized carbons (Fsp3) is 0.188. The van der Waals surface area contributed by atoms with Crippen LogP contribution in [0.4, 0.5) is 4.39 Å². The van der Waals surface area contributed by atoms with Gasteiger partial charge in [0, 0.05) is 16.6 Å². The number of ether oxygens (including phenoxy) is 1. The van der Waals surface area contributed by atoms with Gasteiger partial charge in [-0.05, 0) is 42.9 Å². The second-order valence-electron chi connectivity index (χ2n) is 4.50. The lowest BCUT2D eigenvalue weighted by atomic mass is 10.1. The van der Waals surface area contributed by atoms with E-state index in [1.54, 1.807) is 6.07 Å². The summed E-state index contributed by atoms with van der Waals surface area (Å²) in [7, 11) is 1.86. The third-order valence-corrected chi connectivity index (χ3v) is 3.43. The van der Waals surface area contributed by atoms with Crippen LogP contribution in [-0.2, 0) is 13.2 Å². The Morgan fingerprint density at radius 3 is 2.81 bits per heavy atom. The van der Waals surface area contributed by atoms with Gasteiger partial charge in [0.1, 0.15) is 24.2 Å². The van der Waals surface area contributed by atoms with E-state index in [2.05, 4.69) is 21.2 Å². The van der Waals surface area contributed by atoms with E-state index in [1.807, 2.05) is 31.3 Å². The number of hydrogen-bond acceptors (Lipinski definition) is 3. The van der Waals surface area contributed by atoms with Crippen LogP contribution in [0.2, 0.25) is 0 Å². The average Bonchev–Trinajstić information content (AvgIpc) is 2.48. The van der Waals surface area contributed by atoms with Crippen molar-refractivity contribution in [1.29, 1.82) is 5.26 Å². The van der Waals surface area contributed by atoms with E-state index in [0.29, 0.717) is 6.54 Å². The van der Waals surface area contributed by atoms with Crippen LogP contribution in [0, 0.1) is 17.1 Å². The van der Waals surface area contributed by atoms with Crippen LogP contribution in [0.15, 0.2) is 40.9 Å². The van der Waals surface area contributed by atoms with Crippen LogP contribution >= 0.6 is 15.9 Å². The summed E-state index contributed by atoms with van der Waals surface area (Å²) in [5, 5.41) is 11.9. The Hall–Kier alpha value is -1.90. The molecule has 0 aromatic heterocycles. The molecule has 0 aliphatic carbocycles. The van der Waals surface area contributed by atoms with Gasteiger partial charge in [-0.3, -0.25) is 0 Å². The van der Waals surface area contributed by atoms with Gasteiger partial charge in [0.05, 0.1) is 5.56 Å². The topological polar surface area (TPSA) is 45.0 Å². The van der Waals surface area contributed by atoms with Crippen molar-refractivity contribution in [2.75, 3.05) is 7.05 Å². The number of nitrogens with one attached hydrogen (secondary N) is 1. The number of halogens is 2. The molecule has 0 saturated carbocycles. The molecular formula is C16H14BrFN2O. The van der Waals surface area contributed by atoms with Crippen LogP contribution in [0.3, 0.4) is 0 Å². The van der Waals surface area contributed by atoms with E-state index in [9.17, 15) is 4.39 Å². The molecule has 1 N–H and O–H groups in total. The summed E-state index contributed by atoms with van der Waals surface area (Å²) in [4.78, 5) is 0. The summed E-state index contributed by atoms with van der Waals surface area (Å²) in [5.41, 5.74) is 1.81. The molecule has 0 spiro atoms. The van der Waals surface area contributed by atoms with Gasteiger partial charge in [-0.2, -0.15) is 5.26 Å². The van der Waals surface area contributed by atoms with Crippen molar-refractivity contribution in [3.05, 3.63) is 63.4 Å². The second kappa shape index (κ2) is 7.21. The molecule has 0 aliphatic rings. The van der Waals surface area contributed by atoms with Gasteiger partial charge in [-0.25, -0.2) is 4.39 Å². The number of nitrogens with zero attached hydrogens (tertiary/aromatic N) is 1. The van der Waals surface area contributed by atoms with Crippen LogP contribution < -0.4 is 10.1 Å². The van der Waals surface area contributed by atoms with Gasteiger partial charge in [0.2, 0.25) is 0 Å². The summed E-state index contributed by atoms with van der Waals surface area (Å²) in [6.45, 7) is 0.967.